The zero-order valence-electron chi connectivity index (χ0n) is 7.97. The maximum atomic E-state index is 5.58. The number of nitrogens with one attached hydrogen (secondary N) is 1. The maximum absolute atomic E-state index is 5.58. The Morgan fingerprint density at radius 2 is 2.15 bits per heavy atom. The molecule has 4 heteroatoms. The summed E-state index contributed by atoms with van der Waals surface area (Å²) in [6.45, 7) is 6.08. The minimum Gasteiger partial charge on any atom is -0.444 e. The molecule has 0 aromatic carbocycles. The summed E-state index contributed by atoms with van der Waals surface area (Å²) in [6, 6.07) is 3.44. The molecule has 1 heterocycles. The van der Waals surface area contributed by atoms with E-state index in [9.17, 15) is 0 Å². The smallest absolute Gasteiger partial charge is 0.193 e. The van der Waals surface area contributed by atoms with Crippen LogP contribution in [0.15, 0.2) is 21.7 Å². The molecule has 13 heavy (non-hydrogen) atoms. The first-order valence-electron chi connectivity index (χ1n) is 4.03. The molecule has 0 spiro atoms. The van der Waals surface area contributed by atoms with Gasteiger partial charge in [-0.2, -0.15) is 5.10 Å². The lowest BCUT2D eigenvalue weighted by Crippen LogP contribution is -2.31. The van der Waals surface area contributed by atoms with Crippen molar-refractivity contribution in [2.75, 3.05) is 0 Å². The average Bonchev–Trinajstić information content (AvgIpc) is 2.33. The SMILES string of the molecule is CC(C)(C)N/N=C/c1ccc(Cl)o1. The molecular formula is C9H13ClN2O. The van der Waals surface area contributed by atoms with E-state index in [0.29, 0.717) is 11.0 Å². The molecule has 1 rings (SSSR count). The molecule has 0 bridgehead atoms. The Morgan fingerprint density at radius 3 is 2.62 bits per heavy atom. The molecule has 72 valence electrons. The van der Waals surface area contributed by atoms with Gasteiger partial charge in [0, 0.05) is 5.54 Å². The van der Waals surface area contributed by atoms with Crippen molar-refractivity contribution in [2.45, 2.75) is 26.3 Å². The Morgan fingerprint density at radius 1 is 1.46 bits per heavy atom. The van der Waals surface area contributed by atoms with Crippen LogP contribution in [-0.4, -0.2) is 11.8 Å². The largest absolute Gasteiger partial charge is 0.444 e. The van der Waals surface area contributed by atoms with Crippen molar-refractivity contribution in [3.8, 4) is 0 Å². The van der Waals surface area contributed by atoms with Crippen molar-refractivity contribution < 1.29 is 4.42 Å². The highest BCUT2D eigenvalue weighted by atomic mass is 35.5. The normalized spacial score (nSPS) is 12.3. The summed E-state index contributed by atoms with van der Waals surface area (Å²) in [5.74, 6) is 0.641. The minimum atomic E-state index is -0.0348. The fraction of sp³-hybridized carbons (Fsp3) is 0.444. The van der Waals surface area contributed by atoms with Gasteiger partial charge in [-0.3, -0.25) is 0 Å². The van der Waals surface area contributed by atoms with Crippen LogP contribution >= 0.6 is 11.6 Å². The van der Waals surface area contributed by atoms with Crippen LogP contribution in [0.5, 0.6) is 0 Å². The van der Waals surface area contributed by atoms with Crippen LogP contribution in [0.2, 0.25) is 5.22 Å². The zero-order valence-corrected chi connectivity index (χ0v) is 8.72. The molecule has 0 aliphatic rings. The van der Waals surface area contributed by atoms with Gasteiger partial charge in [0.25, 0.3) is 0 Å². The monoisotopic (exact) mass is 200 g/mol. The summed E-state index contributed by atoms with van der Waals surface area (Å²) in [7, 11) is 0. The van der Waals surface area contributed by atoms with Crippen LogP contribution in [0.25, 0.3) is 0 Å². The van der Waals surface area contributed by atoms with E-state index >= 15 is 0 Å². The van der Waals surface area contributed by atoms with E-state index in [-0.39, 0.29) is 5.54 Å². The zero-order chi connectivity index (χ0) is 9.90. The molecule has 1 aromatic rings. The van der Waals surface area contributed by atoms with Crippen LogP contribution in [0.3, 0.4) is 0 Å². The summed E-state index contributed by atoms with van der Waals surface area (Å²) >= 11 is 5.58. The summed E-state index contributed by atoms with van der Waals surface area (Å²) in [6.07, 6.45) is 1.59. The Bertz CT molecular complexity index is 299. The lowest BCUT2D eigenvalue weighted by molar-refractivity contribution is 0.441. The highest BCUT2D eigenvalue weighted by molar-refractivity contribution is 6.28. The van der Waals surface area contributed by atoms with Crippen LogP contribution in [0.1, 0.15) is 26.5 Å². The number of rotatable bonds is 2. The van der Waals surface area contributed by atoms with Gasteiger partial charge in [-0.25, -0.2) is 0 Å². The quantitative estimate of drug-likeness (QED) is 0.589. The lowest BCUT2D eigenvalue weighted by Gasteiger charge is -2.16. The van der Waals surface area contributed by atoms with Crippen LogP contribution in [0.4, 0.5) is 0 Å². The summed E-state index contributed by atoms with van der Waals surface area (Å²) < 4.78 is 5.07. The first-order chi connectivity index (χ1) is 5.97. The molecule has 0 amide bonds. The number of hydrogen-bond acceptors (Lipinski definition) is 3. The van der Waals surface area contributed by atoms with E-state index < -0.39 is 0 Å². The molecule has 0 aliphatic heterocycles. The predicted molar refractivity (Wildman–Crippen MR) is 54.2 cm³/mol. The third-order valence-electron chi connectivity index (χ3n) is 1.19. The summed E-state index contributed by atoms with van der Waals surface area (Å²) in [5.41, 5.74) is 2.91. The molecule has 0 saturated carbocycles. The van der Waals surface area contributed by atoms with E-state index in [1.807, 2.05) is 20.8 Å². The van der Waals surface area contributed by atoms with Gasteiger partial charge in [0.1, 0.15) is 5.76 Å². The molecule has 3 nitrogen and oxygen atoms in total. The second kappa shape index (κ2) is 3.83. The molecule has 1 aromatic heterocycles. The molecule has 0 unspecified atom stereocenters. The van der Waals surface area contributed by atoms with Gasteiger partial charge in [-0.05, 0) is 44.5 Å². The standard InChI is InChI=1S/C9H13ClN2O/c1-9(2,3)12-11-6-7-4-5-8(10)13-7/h4-6,12H,1-3H3/b11-6+. The summed E-state index contributed by atoms with van der Waals surface area (Å²) in [4.78, 5) is 0. The minimum absolute atomic E-state index is 0.0348. The number of halogens is 1. The van der Waals surface area contributed by atoms with Gasteiger partial charge in [0.15, 0.2) is 5.22 Å². The van der Waals surface area contributed by atoms with Gasteiger partial charge in [-0.1, -0.05) is 0 Å². The van der Waals surface area contributed by atoms with Crippen LogP contribution in [-0.2, 0) is 0 Å². The van der Waals surface area contributed by atoms with E-state index in [1.165, 1.54) is 0 Å². The predicted octanol–water partition coefficient (Wildman–Crippen LogP) is 2.66. The maximum Gasteiger partial charge on any atom is 0.193 e. The molecule has 0 fully saturated rings. The van der Waals surface area contributed by atoms with Gasteiger partial charge < -0.3 is 9.84 Å². The average molecular weight is 201 g/mol. The topological polar surface area (TPSA) is 37.5 Å². The number of furan rings is 1. The van der Waals surface area contributed by atoms with Crippen molar-refractivity contribution in [2.24, 2.45) is 5.10 Å². The van der Waals surface area contributed by atoms with Gasteiger partial charge in [0.05, 0.1) is 6.21 Å². The molecule has 0 atom stereocenters. The van der Waals surface area contributed by atoms with Crippen molar-refractivity contribution in [1.82, 2.24) is 5.43 Å². The van der Waals surface area contributed by atoms with E-state index in [1.54, 1.807) is 18.3 Å². The molecule has 1 N–H and O–H groups in total. The highest BCUT2D eigenvalue weighted by Crippen LogP contribution is 2.11. The third-order valence-corrected chi connectivity index (χ3v) is 1.39. The second-order valence-electron chi connectivity index (χ2n) is 3.76. The number of nitrogens with zero attached hydrogens (tertiary/aromatic N) is 1. The molecule has 0 radical (unpaired) electrons. The van der Waals surface area contributed by atoms with Crippen molar-refractivity contribution in [1.29, 1.82) is 0 Å². The Kier molecular flexibility index (Phi) is 2.98. The second-order valence-corrected chi connectivity index (χ2v) is 4.13. The number of hydrazone groups is 1. The fourth-order valence-electron chi connectivity index (χ4n) is 0.687. The third kappa shape index (κ3) is 3.99. The molecular weight excluding hydrogens is 188 g/mol. The van der Waals surface area contributed by atoms with Crippen molar-refractivity contribution in [3.05, 3.63) is 23.1 Å². The van der Waals surface area contributed by atoms with Crippen molar-refractivity contribution in [3.63, 3.8) is 0 Å². The first-order valence-corrected chi connectivity index (χ1v) is 4.41. The Balaban J connectivity index is 2.50. The van der Waals surface area contributed by atoms with Crippen molar-refractivity contribution >= 4 is 17.8 Å². The fourth-order valence-corrected chi connectivity index (χ4v) is 0.839. The van der Waals surface area contributed by atoms with Crippen LogP contribution in [0, 0.1) is 0 Å². The Labute approximate surface area is 82.8 Å². The van der Waals surface area contributed by atoms with Gasteiger partial charge in [0.2, 0.25) is 0 Å². The lowest BCUT2D eigenvalue weighted by atomic mass is 10.1. The number of hydrogen-bond donors (Lipinski definition) is 1. The van der Waals surface area contributed by atoms with E-state index in [4.69, 9.17) is 16.0 Å². The first kappa shape index (κ1) is 10.1. The van der Waals surface area contributed by atoms with E-state index in [0.717, 1.165) is 0 Å². The summed E-state index contributed by atoms with van der Waals surface area (Å²) in [5, 5.41) is 4.37. The van der Waals surface area contributed by atoms with Gasteiger partial charge in [-0.15, -0.1) is 0 Å². The van der Waals surface area contributed by atoms with E-state index in [2.05, 4.69) is 10.5 Å². The Hall–Kier alpha value is -0.960. The van der Waals surface area contributed by atoms with Gasteiger partial charge >= 0.3 is 0 Å². The highest BCUT2D eigenvalue weighted by Gasteiger charge is 2.05. The van der Waals surface area contributed by atoms with Crippen LogP contribution < -0.4 is 5.43 Å². The molecule has 0 aliphatic carbocycles. The molecule has 0 saturated heterocycles.